The highest BCUT2D eigenvalue weighted by atomic mass is 16.4. The van der Waals surface area contributed by atoms with Gasteiger partial charge in [-0.05, 0) is 31.4 Å². The van der Waals surface area contributed by atoms with Crippen molar-refractivity contribution in [3.8, 4) is 0 Å². The monoisotopic (exact) mass is 278 g/mol. The Kier molecular flexibility index (Phi) is 4.24. The molecule has 1 unspecified atom stereocenters. The fourth-order valence-electron chi connectivity index (χ4n) is 2.35. The molecule has 1 atom stereocenters. The highest BCUT2D eigenvalue weighted by molar-refractivity contribution is 5.95. The zero-order valence-corrected chi connectivity index (χ0v) is 11.3. The molecule has 0 saturated heterocycles. The maximum Gasteiger partial charge on any atom is 0.328 e. The van der Waals surface area contributed by atoms with Gasteiger partial charge in [0, 0.05) is 12.2 Å². The number of aliphatic carboxylic acids is 1. The van der Waals surface area contributed by atoms with Crippen molar-refractivity contribution in [3.63, 3.8) is 0 Å². The molecule has 0 aromatic heterocycles. The third-order valence-electron chi connectivity index (χ3n) is 3.38. The lowest BCUT2D eigenvalue weighted by atomic mass is 10.00. The van der Waals surface area contributed by atoms with Crippen LogP contribution in [-0.4, -0.2) is 41.4 Å². The molecule has 0 radical (unpaired) electrons. The number of nitrogens with zero attached hydrogens (tertiary/aromatic N) is 1. The van der Waals surface area contributed by atoms with Crippen molar-refractivity contribution >= 4 is 17.7 Å². The van der Waals surface area contributed by atoms with Gasteiger partial charge >= 0.3 is 12.0 Å². The molecule has 1 aliphatic heterocycles. The molecule has 6 heteroatoms. The Morgan fingerprint density at radius 2 is 2.20 bits per heavy atom. The largest absolute Gasteiger partial charge is 0.480 e. The van der Waals surface area contributed by atoms with Crippen LogP contribution in [0.1, 0.15) is 17.5 Å². The lowest BCUT2D eigenvalue weighted by Crippen LogP contribution is -2.50. The molecule has 2 amide bonds. The molecule has 0 aliphatic carbocycles. The van der Waals surface area contributed by atoms with Gasteiger partial charge in [-0.3, -0.25) is 4.90 Å². The molecule has 20 heavy (non-hydrogen) atoms. The number of benzene rings is 1. The highest BCUT2D eigenvalue weighted by Crippen LogP contribution is 2.27. The van der Waals surface area contributed by atoms with Crippen molar-refractivity contribution in [1.82, 2.24) is 5.32 Å². The van der Waals surface area contributed by atoms with Crippen LogP contribution in [0.2, 0.25) is 0 Å². The molecule has 6 nitrogen and oxygen atoms in total. The Labute approximate surface area is 117 Å². The van der Waals surface area contributed by atoms with Crippen LogP contribution in [-0.2, 0) is 11.2 Å². The summed E-state index contributed by atoms with van der Waals surface area (Å²) in [5.41, 5.74) is 3.02. The van der Waals surface area contributed by atoms with Gasteiger partial charge in [0.2, 0.25) is 0 Å². The quantitative estimate of drug-likeness (QED) is 0.766. The van der Waals surface area contributed by atoms with Gasteiger partial charge in [-0.1, -0.05) is 17.7 Å². The molecule has 1 aromatic carbocycles. The Hall–Kier alpha value is -2.08. The van der Waals surface area contributed by atoms with Crippen LogP contribution in [0.15, 0.2) is 18.2 Å². The third kappa shape index (κ3) is 2.91. The van der Waals surface area contributed by atoms with Crippen LogP contribution in [0.5, 0.6) is 0 Å². The van der Waals surface area contributed by atoms with E-state index >= 15 is 0 Å². The number of carboxylic acids is 1. The van der Waals surface area contributed by atoms with Gasteiger partial charge in [0.05, 0.1) is 6.61 Å². The van der Waals surface area contributed by atoms with Crippen LogP contribution >= 0.6 is 0 Å². The Morgan fingerprint density at radius 1 is 1.45 bits per heavy atom. The van der Waals surface area contributed by atoms with E-state index in [9.17, 15) is 9.59 Å². The second-order valence-corrected chi connectivity index (χ2v) is 4.91. The van der Waals surface area contributed by atoms with E-state index in [4.69, 9.17) is 10.2 Å². The summed E-state index contributed by atoms with van der Waals surface area (Å²) in [7, 11) is 0. The maximum atomic E-state index is 12.2. The van der Waals surface area contributed by atoms with Crippen LogP contribution in [0, 0.1) is 6.92 Å². The first kappa shape index (κ1) is 14.3. The van der Waals surface area contributed by atoms with Crippen LogP contribution in [0.3, 0.4) is 0 Å². The normalized spacial score (nSPS) is 15.4. The van der Waals surface area contributed by atoms with Crippen molar-refractivity contribution in [2.45, 2.75) is 25.8 Å². The van der Waals surface area contributed by atoms with E-state index < -0.39 is 24.6 Å². The van der Waals surface area contributed by atoms with Crippen molar-refractivity contribution in [2.24, 2.45) is 0 Å². The minimum absolute atomic E-state index is 0.490. The first-order chi connectivity index (χ1) is 9.52. The SMILES string of the molecule is Cc1ccc2c(c1)CCCN2C(=O)NC(CO)C(=O)O. The standard InChI is InChI=1S/C14H18N2O4/c1-9-4-5-12-10(7-9)3-2-6-16(12)14(20)15-11(8-17)13(18)19/h4-5,7,11,17H,2-3,6,8H2,1H3,(H,15,20)(H,18,19). The van der Waals surface area contributed by atoms with Gasteiger partial charge < -0.3 is 15.5 Å². The molecular formula is C14H18N2O4. The fraction of sp³-hybridized carbons (Fsp3) is 0.429. The van der Waals surface area contributed by atoms with Crippen molar-refractivity contribution < 1.29 is 19.8 Å². The molecule has 1 aliphatic rings. The highest BCUT2D eigenvalue weighted by Gasteiger charge is 2.26. The van der Waals surface area contributed by atoms with Gasteiger partial charge in [0.25, 0.3) is 0 Å². The van der Waals surface area contributed by atoms with Gasteiger partial charge in [-0.2, -0.15) is 0 Å². The second kappa shape index (κ2) is 5.92. The van der Waals surface area contributed by atoms with E-state index in [2.05, 4.69) is 5.32 Å². The van der Waals surface area contributed by atoms with E-state index in [-0.39, 0.29) is 0 Å². The van der Waals surface area contributed by atoms with E-state index in [0.717, 1.165) is 29.7 Å². The van der Waals surface area contributed by atoms with Gasteiger partial charge in [-0.15, -0.1) is 0 Å². The predicted molar refractivity (Wildman–Crippen MR) is 73.9 cm³/mol. The van der Waals surface area contributed by atoms with E-state index in [0.29, 0.717) is 6.54 Å². The second-order valence-electron chi connectivity index (χ2n) is 4.91. The Morgan fingerprint density at radius 3 is 2.85 bits per heavy atom. The molecule has 108 valence electrons. The van der Waals surface area contributed by atoms with Gasteiger partial charge in [-0.25, -0.2) is 9.59 Å². The molecule has 1 heterocycles. The number of aliphatic hydroxyl groups excluding tert-OH is 1. The van der Waals surface area contributed by atoms with Crippen LogP contribution in [0.4, 0.5) is 10.5 Å². The molecule has 0 spiro atoms. The first-order valence-electron chi connectivity index (χ1n) is 6.54. The number of rotatable bonds is 3. The van der Waals surface area contributed by atoms with E-state index in [1.54, 1.807) is 0 Å². The number of nitrogens with one attached hydrogen (secondary N) is 1. The minimum Gasteiger partial charge on any atom is -0.480 e. The Bertz CT molecular complexity index is 530. The number of carboxylic acid groups (broad SMARTS) is 1. The summed E-state index contributed by atoms with van der Waals surface area (Å²) < 4.78 is 0. The third-order valence-corrected chi connectivity index (χ3v) is 3.38. The Balaban J connectivity index is 2.18. The van der Waals surface area contributed by atoms with Crippen LogP contribution < -0.4 is 10.2 Å². The molecule has 1 aromatic rings. The van der Waals surface area contributed by atoms with Crippen molar-refractivity contribution in [2.75, 3.05) is 18.1 Å². The van der Waals surface area contributed by atoms with E-state index in [1.807, 2.05) is 25.1 Å². The molecule has 0 fully saturated rings. The number of hydrogen-bond donors (Lipinski definition) is 3. The zero-order valence-electron chi connectivity index (χ0n) is 11.3. The van der Waals surface area contributed by atoms with Crippen LogP contribution in [0.25, 0.3) is 0 Å². The summed E-state index contributed by atoms with van der Waals surface area (Å²) in [6, 6.07) is 4.06. The number of urea groups is 1. The average Bonchev–Trinajstić information content (AvgIpc) is 2.43. The number of aryl methyl sites for hydroxylation is 2. The lowest BCUT2D eigenvalue weighted by Gasteiger charge is -2.30. The summed E-state index contributed by atoms with van der Waals surface area (Å²) in [5.74, 6) is -1.25. The summed E-state index contributed by atoms with van der Waals surface area (Å²) in [6.45, 7) is 1.90. The number of carbonyl (C=O) groups excluding carboxylic acids is 1. The minimum atomic E-state index is -1.28. The average molecular weight is 278 g/mol. The lowest BCUT2D eigenvalue weighted by molar-refractivity contribution is -0.140. The summed E-state index contributed by atoms with van der Waals surface area (Å²) >= 11 is 0. The van der Waals surface area contributed by atoms with E-state index in [1.165, 1.54) is 4.90 Å². The topological polar surface area (TPSA) is 89.9 Å². The predicted octanol–water partition coefficient (Wildman–Crippen LogP) is 0.903. The number of aliphatic hydroxyl groups is 1. The maximum absolute atomic E-state index is 12.2. The summed E-state index contributed by atoms with van der Waals surface area (Å²) in [4.78, 5) is 24.5. The summed E-state index contributed by atoms with van der Waals surface area (Å²) in [5, 5.41) is 20.1. The van der Waals surface area contributed by atoms with Gasteiger partial charge in [0.15, 0.2) is 6.04 Å². The smallest absolute Gasteiger partial charge is 0.328 e. The number of anilines is 1. The van der Waals surface area contributed by atoms with Crippen molar-refractivity contribution in [3.05, 3.63) is 29.3 Å². The van der Waals surface area contributed by atoms with Crippen molar-refractivity contribution in [1.29, 1.82) is 0 Å². The molecule has 3 N–H and O–H groups in total. The number of hydrogen-bond acceptors (Lipinski definition) is 3. The number of fused-ring (bicyclic) bond motifs is 1. The fourth-order valence-corrected chi connectivity index (χ4v) is 2.35. The zero-order chi connectivity index (χ0) is 14.7. The molecule has 0 bridgehead atoms. The molecular weight excluding hydrogens is 260 g/mol. The summed E-state index contributed by atoms with van der Waals surface area (Å²) in [6.07, 6.45) is 1.74. The number of amides is 2. The molecule has 0 saturated carbocycles. The first-order valence-corrected chi connectivity index (χ1v) is 6.54. The molecule has 2 rings (SSSR count). The van der Waals surface area contributed by atoms with Gasteiger partial charge in [0.1, 0.15) is 0 Å². The number of carbonyl (C=O) groups is 2.